The van der Waals surface area contributed by atoms with Gasteiger partial charge >= 0.3 is 0 Å². The molecule has 1 aliphatic carbocycles. The molecule has 0 unspecified atom stereocenters. The van der Waals surface area contributed by atoms with E-state index in [1.807, 2.05) is 4.72 Å². The van der Waals surface area contributed by atoms with Crippen LogP contribution < -0.4 is 10.5 Å². The summed E-state index contributed by atoms with van der Waals surface area (Å²) in [5.41, 5.74) is 4.78. The molecule has 0 heterocycles. The van der Waals surface area contributed by atoms with Gasteiger partial charge in [-0.25, -0.2) is 8.42 Å². The van der Waals surface area contributed by atoms with E-state index in [9.17, 15) is 13.2 Å². The predicted octanol–water partition coefficient (Wildman–Crippen LogP) is -0.809. The Morgan fingerprint density at radius 2 is 2.08 bits per heavy atom. The minimum absolute atomic E-state index is 0.0839. The zero-order valence-corrected chi connectivity index (χ0v) is 8.36. The van der Waals surface area contributed by atoms with Gasteiger partial charge in [-0.05, 0) is 19.8 Å². The van der Waals surface area contributed by atoms with Crippen LogP contribution in [0.4, 0.5) is 0 Å². The topological polar surface area (TPSA) is 89.3 Å². The SMILES string of the molecule is CCS(=O)(=O)NC(=O)C1(CN)CC1. The second-order valence-corrected chi connectivity index (χ2v) is 5.33. The Balaban J connectivity index is 2.61. The van der Waals surface area contributed by atoms with Gasteiger partial charge in [0.2, 0.25) is 15.9 Å². The van der Waals surface area contributed by atoms with Gasteiger partial charge in [0, 0.05) is 6.54 Å². The lowest BCUT2D eigenvalue weighted by molar-refractivity contribution is -0.124. The number of nitrogens with two attached hydrogens (primary N) is 1. The average molecular weight is 206 g/mol. The fourth-order valence-corrected chi connectivity index (χ4v) is 1.64. The molecule has 0 saturated heterocycles. The molecule has 0 atom stereocenters. The normalized spacial score (nSPS) is 19.5. The van der Waals surface area contributed by atoms with Crippen LogP contribution in [0.5, 0.6) is 0 Å². The summed E-state index contributed by atoms with van der Waals surface area (Å²) in [6.07, 6.45) is 1.38. The second-order valence-electron chi connectivity index (χ2n) is 3.32. The number of amides is 1. The molecular formula is C7H14N2O3S. The van der Waals surface area contributed by atoms with E-state index in [1.54, 1.807) is 0 Å². The fourth-order valence-electron chi connectivity index (χ4n) is 0.996. The molecule has 3 N–H and O–H groups in total. The lowest BCUT2D eigenvalue weighted by atomic mass is 10.1. The molecule has 0 radical (unpaired) electrons. The van der Waals surface area contributed by atoms with Crippen molar-refractivity contribution in [2.24, 2.45) is 11.1 Å². The highest BCUT2D eigenvalue weighted by Gasteiger charge is 2.49. The number of rotatable bonds is 4. The minimum Gasteiger partial charge on any atom is -0.329 e. The van der Waals surface area contributed by atoms with E-state index in [0.717, 1.165) is 0 Å². The predicted molar refractivity (Wildman–Crippen MR) is 48.3 cm³/mol. The van der Waals surface area contributed by atoms with Crippen LogP contribution in [0.25, 0.3) is 0 Å². The molecule has 13 heavy (non-hydrogen) atoms. The first-order chi connectivity index (χ1) is 5.96. The summed E-state index contributed by atoms with van der Waals surface area (Å²) in [5, 5.41) is 0. The fraction of sp³-hybridized carbons (Fsp3) is 0.857. The van der Waals surface area contributed by atoms with E-state index < -0.39 is 21.3 Å². The van der Waals surface area contributed by atoms with Crippen LogP contribution >= 0.6 is 0 Å². The lowest BCUT2D eigenvalue weighted by Crippen LogP contribution is -2.40. The standard InChI is InChI=1S/C7H14N2O3S/c1-2-13(11,12)9-6(10)7(5-8)3-4-7/h2-5,8H2,1H3,(H,9,10). The third kappa shape index (κ3) is 2.19. The zero-order valence-electron chi connectivity index (χ0n) is 7.54. The van der Waals surface area contributed by atoms with E-state index in [4.69, 9.17) is 5.73 Å². The van der Waals surface area contributed by atoms with Crippen molar-refractivity contribution in [2.45, 2.75) is 19.8 Å². The van der Waals surface area contributed by atoms with Crippen molar-refractivity contribution in [1.82, 2.24) is 4.72 Å². The van der Waals surface area contributed by atoms with Gasteiger partial charge in [-0.1, -0.05) is 0 Å². The number of sulfonamides is 1. The second kappa shape index (κ2) is 3.26. The summed E-state index contributed by atoms with van der Waals surface area (Å²) in [6, 6.07) is 0. The summed E-state index contributed by atoms with van der Waals surface area (Å²) in [4.78, 5) is 11.4. The molecule has 1 rings (SSSR count). The highest BCUT2D eigenvalue weighted by Crippen LogP contribution is 2.44. The Kier molecular flexibility index (Phi) is 2.63. The molecule has 76 valence electrons. The number of hydrogen-bond donors (Lipinski definition) is 2. The van der Waals surface area contributed by atoms with Crippen LogP contribution in [-0.4, -0.2) is 26.6 Å². The Morgan fingerprint density at radius 3 is 2.38 bits per heavy atom. The maximum absolute atomic E-state index is 11.4. The van der Waals surface area contributed by atoms with Crippen molar-refractivity contribution in [3.8, 4) is 0 Å². The summed E-state index contributed by atoms with van der Waals surface area (Å²) < 4.78 is 24.1. The maximum atomic E-state index is 11.4. The summed E-state index contributed by atoms with van der Waals surface area (Å²) in [6.45, 7) is 1.70. The van der Waals surface area contributed by atoms with Crippen molar-refractivity contribution < 1.29 is 13.2 Å². The van der Waals surface area contributed by atoms with Gasteiger partial charge in [-0.3, -0.25) is 9.52 Å². The highest BCUT2D eigenvalue weighted by molar-refractivity contribution is 7.90. The van der Waals surface area contributed by atoms with Crippen molar-refractivity contribution in [2.75, 3.05) is 12.3 Å². The van der Waals surface area contributed by atoms with Gasteiger partial charge in [0.15, 0.2) is 0 Å². The quantitative estimate of drug-likeness (QED) is 0.629. The van der Waals surface area contributed by atoms with E-state index in [0.29, 0.717) is 12.8 Å². The van der Waals surface area contributed by atoms with Gasteiger partial charge < -0.3 is 5.73 Å². The van der Waals surface area contributed by atoms with E-state index in [1.165, 1.54) is 6.92 Å². The molecule has 0 aromatic rings. The van der Waals surface area contributed by atoms with Gasteiger partial charge in [0.05, 0.1) is 11.2 Å². The Hall–Kier alpha value is -0.620. The first-order valence-electron chi connectivity index (χ1n) is 4.21. The molecule has 5 nitrogen and oxygen atoms in total. The first kappa shape index (κ1) is 10.5. The van der Waals surface area contributed by atoms with Crippen molar-refractivity contribution in [3.05, 3.63) is 0 Å². The monoisotopic (exact) mass is 206 g/mol. The molecule has 1 fully saturated rings. The smallest absolute Gasteiger partial charge is 0.240 e. The van der Waals surface area contributed by atoms with Gasteiger partial charge in [-0.2, -0.15) is 0 Å². The minimum atomic E-state index is -3.43. The number of hydrogen-bond acceptors (Lipinski definition) is 4. The zero-order chi connectivity index (χ0) is 10.1. The molecule has 1 saturated carbocycles. The molecular weight excluding hydrogens is 192 g/mol. The third-order valence-electron chi connectivity index (χ3n) is 2.35. The van der Waals surface area contributed by atoms with Crippen LogP contribution in [0, 0.1) is 5.41 Å². The van der Waals surface area contributed by atoms with Gasteiger partial charge in [0.25, 0.3) is 0 Å². The van der Waals surface area contributed by atoms with E-state index in [-0.39, 0.29) is 12.3 Å². The summed E-state index contributed by atoms with van der Waals surface area (Å²) >= 11 is 0. The Bertz CT molecular complexity index is 306. The first-order valence-corrected chi connectivity index (χ1v) is 5.86. The van der Waals surface area contributed by atoms with Crippen LogP contribution in [-0.2, 0) is 14.8 Å². The molecule has 0 aromatic heterocycles. The van der Waals surface area contributed by atoms with Crippen LogP contribution in [0.1, 0.15) is 19.8 Å². The third-order valence-corrected chi connectivity index (χ3v) is 3.61. The maximum Gasteiger partial charge on any atom is 0.240 e. The van der Waals surface area contributed by atoms with E-state index >= 15 is 0 Å². The largest absolute Gasteiger partial charge is 0.329 e. The van der Waals surface area contributed by atoms with Gasteiger partial charge in [0.1, 0.15) is 0 Å². The van der Waals surface area contributed by atoms with Crippen LogP contribution in [0.2, 0.25) is 0 Å². The average Bonchev–Trinajstić information content (AvgIpc) is 2.84. The molecule has 1 aliphatic rings. The van der Waals surface area contributed by atoms with Crippen LogP contribution in [0.15, 0.2) is 0 Å². The Morgan fingerprint density at radius 1 is 1.54 bits per heavy atom. The molecule has 6 heteroatoms. The number of nitrogens with one attached hydrogen (secondary N) is 1. The number of carbonyl (C=O) groups excluding carboxylic acids is 1. The molecule has 0 bridgehead atoms. The van der Waals surface area contributed by atoms with E-state index in [2.05, 4.69) is 0 Å². The van der Waals surface area contributed by atoms with Crippen molar-refractivity contribution in [1.29, 1.82) is 0 Å². The lowest BCUT2D eigenvalue weighted by Gasteiger charge is -2.11. The molecule has 0 aliphatic heterocycles. The summed E-state index contributed by atoms with van der Waals surface area (Å²) in [5.74, 6) is -0.531. The Labute approximate surface area is 77.7 Å². The molecule has 1 amide bonds. The number of carbonyl (C=O) groups is 1. The molecule has 0 aromatic carbocycles. The highest BCUT2D eigenvalue weighted by atomic mass is 32.2. The van der Waals surface area contributed by atoms with Crippen molar-refractivity contribution >= 4 is 15.9 Å². The molecule has 0 spiro atoms. The van der Waals surface area contributed by atoms with Crippen LogP contribution in [0.3, 0.4) is 0 Å². The summed E-state index contributed by atoms with van der Waals surface area (Å²) in [7, 11) is -3.43. The van der Waals surface area contributed by atoms with Crippen molar-refractivity contribution in [3.63, 3.8) is 0 Å². The van der Waals surface area contributed by atoms with Gasteiger partial charge in [-0.15, -0.1) is 0 Å².